The molecule has 0 radical (unpaired) electrons. The minimum atomic E-state index is -4.41. The lowest BCUT2D eigenvalue weighted by molar-refractivity contribution is -0.137. The molecule has 0 spiro atoms. The number of hydrogen-bond acceptors (Lipinski definition) is 8. The van der Waals surface area contributed by atoms with Crippen molar-refractivity contribution in [2.45, 2.75) is 84.0 Å². The first-order chi connectivity index (χ1) is 20.7. The number of hydrogen-bond donors (Lipinski definition) is 2. The zero-order valence-corrected chi connectivity index (χ0v) is 24.5. The van der Waals surface area contributed by atoms with Crippen LogP contribution in [0.1, 0.15) is 76.3 Å². The van der Waals surface area contributed by atoms with Crippen molar-refractivity contribution in [1.29, 1.82) is 0 Å². The van der Waals surface area contributed by atoms with Crippen molar-refractivity contribution in [3.8, 4) is 11.6 Å². The minimum absolute atomic E-state index is 0.0969. The summed E-state index contributed by atoms with van der Waals surface area (Å²) in [5.74, 6) is 1.79. The smallest absolute Gasteiger partial charge is 0.365 e. The molecule has 2 aliphatic carbocycles. The lowest BCUT2D eigenvalue weighted by atomic mass is 9.80. The molecule has 1 aromatic carbocycles. The molecule has 3 heterocycles. The highest BCUT2D eigenvalue weighted by atomic mass is 19.4. The van der Waals surface area contributed by atoms with Crippen LogP contribution in [0.2, 0.25) is 0 Å². The van der Waals surface area contributed by atoms with E-state index in [-0.39, 0.29) is 24.2 Å². The number of imidazole rings is 1. The minimum Gasteiger partial charge on any atom is -0.365 e. The zero-order chi connectivity index (χ0) is 30.1. The van der Waals surface area contributed by atoms with Crippen LogP contribution in [0, 0.1) is 11.8 Å². The van der Waals surface area contributed by atoms with Gasteiger partial charge in [-0.15, -0.1) is 0 Å². The summed E-state index contributed by atoms with van der Waals surface area (Å²) < 4.78 is 46.7. The lowest BCUT2D eigenvalue weighted by Crippen LogP contribution is -2.33. The molecule has 13 heteroatoms. The zero-order valence-electron chi connectivity index (χ0n) is 24.5. The molecule has 4 aromatic rings. The van der Waals surface area contributed by atoms with E-state index in [4.69, 9.17) is 14.5 Å². The Morgan fingerprint density at radius 1 is 1.07 bits per heavy atom. The van der Waals surface area contributed by atoms with Gasteiger partial charge in [-0.25, -0.2) is 14.8 Å². The number of halogens is 3. The van der Waals surface area contributed by atoms with E-state index < -0.39 is 17.5 Å². The number of H-pyrrole nitrogens is 1. The van der Waals surface area contributed by atoms with E-state index in [0.717, 1.165) is 44.4 Å². The standard InChI is InChI=1S/C30H37F3N8O2/c1-3-40(16-19-8-5-4-6-9-19)28-37-25-23(41(28)17-20-12-14-22(15-13-20)30(31,32)33)24(34-18(2)21-10-7-11-21)35-26(36-25)27-38-29(42)43-39-27/h12-15,18-19,21H,3-11,16-17H2,1-2H3,(H,34,35,36)(H,38,39,42)/t18-/m1/s1. The summed E-state index contributed by atoms with van der Waals surface area (Å²) in [5, 5.41) is 7.38. The van der Waals surface area contributed by atoms with E-state index in [2.05, 4.69) is 39.2 Å². The molecule has 2 N–H and O–H groups in total. The van der Waals surface area contributed by atoms with Gasteiger partial charge >= 0.3 is 11.9 Å². The van der Waals surface area contributed by atoms with E-state index in [1.807, 2.05) is 4.57 Å². The Morgan fingerprint density at radius 2 is 1.81 bits per heavy atom. The summed E-state index contributed by atoms with van der Waals surface area (Å²) in [5.41, 5.74) is 1.06. The summed E-state index contributed by atoms with van der Waals surface area (Å²) in [6, 6.07) is 5.35. The number of fused-ring (bicyclic) bond motifs is 1. The Morgan fingerprint density at radius 3 is 2.42 bits per heavy atom. The molecule has 43 heavy (non-hydrogen) atoms. The second-order valence-corrected chi connectivity index (χ2v) is 11.9. The fourth-order valence-electron chi connectivity index (χ4n) is 6.24. The largest absolute Gasteiger partial charge is 0.439 e. The van der Waals surface area contributed by atoms with Gasteiger partial charge in [0.15, 0.2) is 11.5 Å². The van der Waals surface area contributed by atoms with E-state index in [1.54, 1.807) is 0 Å². The summed E-state index contributed by atoms with van der Waals surface area (Å²) in [7, 11) is 0. The predicted octanol–water partition coefficient (Wildman–Crippen LogP) is 6.24. The van der Waals surface area contributed by atoms with Gasteiger partial charge < -0.3 is 14.8 Å². The van der Waals surface area contributed by atoms with Gasteiger partial charge in [0, 0.05) is 19.1 Å². The molecule has 2 fully saturated rings. The molecule has 2 aliphatic rings. The molecule has 10 nitrogen and oxygen atoms in total. The Hall–Kier alpha value is -3.90. The van der Waals surface area contributed by atoms with Crippen LogP contribution in [0.4, 0.5) is 24.9 Å². The first-order valence-electron chi connectivity index (χ1n) is 15.2. The van der Waals surface area contributed by atoms with Gasteiger partial charge in [-0.2, -0.15) is 18.2 Å². The fraction of sp³-hybridized carbons (Fsp3) is 0.567. The maximum atomic E-state index is 13.3. The monoisotopic (exact) mass is 598 g/mol. The Labute approximate surface area is 247 Å². The molecule has 0 unspecified atom stereocenters. The van der Waals surface area contributed by atoms with Crippen molar-refractivity contribution in [2.75, 3.05) is 23.3 Å². The number of nitrogens with zero attached hydrogens (tertiary/aromatic N) is 6. The van der Waals surface area contributed by atoms with Crippen LogP contribution in [0.5, 0.6) is 0 Å². The molecular weight excluding hydrogens is 561 g/mol. The highest BCUT2D eigenvalue weighted by Gasteiger charge is 2.31. The highest BCUT2D eigenvalue weighted by molar-refractivity contribution is 5.87. The van der Waals surface area contributed by atoms with E-state index in [1.165, 1.54) is 37.8 Å². The molecule has 6 rings (SSSR count). The van der Waals surface area contributed by atoms with Gasteiger partial charge in [0.1, 0.15) is 5.52 Å². The molecular formula is C30H37F3N8O2. The number of benzene rings is 1. The van der Waals surface area contributed by atoms with Crippen LogP contribution in [-0.2, 0) is 12.7 Å². The van der Waals surface area contributed by atoms with Crippen LogP contribution < -0.4 is 16.0 Å². The van der Waals surface area contributed by atoms with Crippen molar-refractivity contribution in [3.05, 3.63) is 45.9 Å². The molecule has 1 atom stereocenters. The highest BCUT2D eigenvalue weighted by Crippen LogP contribution is 2.35. The summed E-state index contributed by atoms with van der Waals surface area (Å²) in [6.45, 7) is 6.01. The van der Waals surface area contributed by atoms with Gasteiger partial charge in [0.2, 0.25) is 17.6 Å². The quantitative estimate of drug-likeness (QED) is 0.220. The lowest BCUT2D eigenvalue weighted by Gasteiger charge is -2.32. The van der Waals surface area contributed by atoms with Crippen LogP contribution in [0.25, 0.3) is 22.8 Å². The number of aromatic amines is 1. The molecule has 2 saturated carbocycles. The van der Waals surface area contributed by atoms with Crippen LogP contribution in [-0.4, -0.2) is 48.8 Å². The molecule has 0 bridgehead atoms. The van der Waals surface area contributed by atoms with Gasteiger partial charge in [-0.05, 0) is 69.1 Å². The van der Waals surface area contributed by atoms with Crippen molar-refractivity contribution in [1.82, 2.24) is 29.7 Å². The number of rotatable bonds is 10. The maximum Gasteiger partial charge on any atom is 0.439 e. The topological polar surface area (TPSA) is 118 Å². The summed E-state index contributed by atoms with van der Waals surface area (Å²) in [6.07, 6.45) is 5.00. The normalized spacial score (nSPS) is 17.2. The molecule has 230 valence electrons. The van der Waals surface area contributed by atoms with E-state index in [9.17, 15) is 18.0 Å². The second-order valence-electron chi connectivity index (χ2n) is 11.9. The van der Waals surface area contributed by atoms with Gasteiger partial charge in [-0.3, -0.25) is 9.51 Å². The molecule has 3 aromatic heterocycles. The second kappa shape index (κ2) is 12.0. The maximum absolute atomic E-state index is 13.3. The number of alkyl halides is 3. The van der Waals surface area contributed by atoms with E-state index in [0.29, 0.717) is 46.9 Å². The first-order valence-corrected chi connectivity index (χ1v) is 15.2. The van der Waals surface area contributed by atoms with Crippen LogP contribution >= 0.6 is 0 Å². The number of aromatic nitrogens is 6. The van der Waals surface area contributed by atoms with Crippen LogP contribution in [0.15, 0.2) is 33.6 Å². The van der Waals surface area contributed by atoms with Gasteiger partial charge in [0.25, 0.3) is 0 Å². The average molecular weight is 599 g/mol. The third kappa shape index (κ3) is 6.25. The third-order valence-electron chi connectivity index (χ3n) is 8.95. The third-order valence-corrected chi connectivity index (χ3v) is 8.95. The van der Waals surface area contributed by atoms with Crippen molar-refractivity contribution in [3.63, 3.8) is 0 Å². The molecule has 0 saturated heterocycles. The molecule has 0 aliphatic heterocycles. The number of nitrogens with one attached hydrogen (secondary N) is 2. The SMILES string of the molecule is CCN(CC1CCCCC1)c1nc2nc(-c3noc(=O)[nH]3)nc(N[C@H](C)C3CCC3)c2n1Cc1ccc(C(F)(F)F)cc1. The Bertz CT molecular complexity index is 1600. The Balaban J connectivity index is 1.48. The summed E-state index contributed by atoms with van der Waals surface area (Å²) in [4.78, 5) is 31.0. The van der Waals surface area contributed by atoms with Crippen molar-refractivity contribution >= 4 is 22.9 Å². The summed E-state index contributed by atoms with van der Waals surface area (Å²) >= 11 is 0. The molecule has 0 amide bonds. The average Bonchev–Trinajstić information content (AvgIpc) is 3.55. The Kier molecular flexibility index (Phi) is 8.15. The number of anilines is 2. The first kappa shape index (κ1) is 29.2. The predicted molar refractivity (Wildman–Crippen MR) is 157 cm³/mol. The van der Waals surface area contributed by atoms with Gasteiger partial charge in [-0.1, -0.05) is 43.0 Å². The van der Waals surface area contributed by atoms with Crippen molar-refractivity contribution < 1.29 is 17.7 Å². The van der Waals surface area contributed by atoms with Crippen molar-refractivity contribution in [2.24, 2.45) is 11.8 Å². The van der Waals surface area contributed by atoms with Crippen LogP contribution in [0.3, 0.4) is 0 Å². The van der Waals surface area contributed by atoms with Gasteiger partial charge in [0.05, 0.1) is 12.1 Å². The fourth-order valence-corrected chi connectivity index (χ4v) is 6.24. The van der Waals surface area contributed by atoms with E-state index >= 15 is 0 Å².